The first kappa shape index (κ1) is 15.2. The van der Waals surface area contributed by atoms with Gasteiger partial charge in [0, 0.05) is 18.5 Å². The number of carbonyl (C=O) groups excluding carboxylic acids is 2. The molecule has 1 fully saturated rings. The number of ether oxygens (including phenoxy) is 1. The van der Waals surface area contributed by atoms with Crippen LogP contribution in [0.4, 0.5) is 5.69 Å². The summed E-state index contributed by atoms with van der Waals surface area (Å²) in [6, 6.07) is 7.11. The summed E-state index contributed by atoms with van der Waals surface area (Å²) in [4.78, 5) is 26.9. The largest absolute Gasteiger partial charge is 0.375 e. The fourth-order valence-corrected chi connectivity index (χ4v) is 3.46. The highest BCUT2D eigenvalue weighted by Gasteiger charge is 2.58. The Morgan fingerprint density at radius 3 is 2.64 bits per heavy atom. The van der Waals surface area contributed by atoms with Crippen molar-refractivity contribution in [2.75, 3.05) is 18.1 Å². The Morgan fingerprint density at radius 2 is 2.00 bits per heavy atom. The number of hydrogen-bond donors (Lipinski definition) is 1. The number of likely N-dealkylation sites (N-methyl/N-ethyl adjacent to an activating group) is 1. The van der Waals surface area contributed by atoms with Gasteiger partial charge >= 0.3 is 0 Å². The number of Topliss-reactive ketones (excluding diaryl/α,β-unsaturated/α-hetero) is 1. The van der Waals surface area contributed by atoms with Gasteiger partial charge in [-0.2, -0.15) is 0 Å². The van der Waals surface area contributed by atoms with E-state index in [1.165, 1.54) is 4.90 Å². The normalized spacial score (nSPS) is 30.5. The van der Waals surface area contributed by atoms with Gasteiger partial charge in [0.05, 0.1) is 23.8 Å². The fourth-order valence-electron chi connectivity index (χ4n) is 3.46. The first-order valence-corrected chi connectivity index (χ1v) is 7.62. The zero-order chi connectivity index (χ0) is 16.1. The van der Waals surface area contributed by atoms with Crippen LogP contribution in [0.25, 0.3) is 0 Å². The van der Waals surface area contributed by atoms with Crippen LogP contribution in [0.1, 0.15) is 32.8 Å². The maximum atomic E-state index is 12.8. The van der Waals surface area contributed by atoms with E-state index in [1.807, 2.05) is 26.8 Å². The zero-order valence-corrected chi connectivity index (χ0v) is 13.1. The number of fused-ring (bicyclic) bond motifs is 1. The molecule has 22 heavy (non-hydrogen) atoms. The molecular weight excluding hydrogens is 282 g/mol. The van der Waals surface area contributed by atoms with Gasteiger partial charge in [0.25, 0.3) is 5.91 Å². The number of anilines is 1. The van der Waals surface area contributed by atoms with Gasteiger partial charge in [0.15, 0.2) is 5.60 Å². The molecule has 0 saturated carbocycles. The molecule has 1 amide bonds. The summed E-state index contributed by atoms with van der Waals surface area (Å²) in [7, 11) is 0. The summed E-state index contributed by atoms with van der Waals surface area (Å²) in [5.74, 6) is -1.41. The molecule has 0 spiro atoms. The molecule has 118 valence electrons. The van der Waals surface area contributed by atoms with Crippen molar-refractivity contribution in [3.05, 3.63) is 29.8 Å². The van der Waals surface area contributed by atoms with E-state index >= 15 is 0 Å². The first-order valence-electron chi connectivity index (χ1n) is 7.62. The molecule has 5 nitrogen and oxygen atoms in total. The molecule has 2 aliphatic rings. The third-order valence-corrected chi connectivity index (χ3v) is 4.63. The van der Waals surface area contributed by atoms with E-state index in [2.05, 4.69) is 0 Å². The second-order valence-corrected chi connectivity index (χ2v) is 6.60. The number of amides is 1. The zero-order valence-electron chi connectivity index (χ0n) is 13.1. The second kappa shape index (κ2) is 4.89. The average Bonchev–Trinajstić information content (AvgIpc) is 2.67. The van der Waals surface area contributed by atoms with Crippen LogP contribution in [0.3, 0.4) is 0 Å². The van der Waals surface area contributed by atoms with Crippen molar-refractivity contribution >= 4 is 17.4 Å². The molecule has 0 bridgehead atoms. The Balaban J connectivity index is 2.06. The Labute approximate surface area is 129 Å². The van der Waals surface area contributed by atoms with Crippen molar-refractivity contribution in [3.8, 4) is 0 Å². The SMILES string of the molecule is CCN1C(=O)[C@@](O)([C@H]2COC(C)(C)CC2=O)c2ccccc21. The van der Waals surface area contributed by atoms with Gasteiger partial charge in [-0.1, -0.05) is 18.2 Å². The molecule has 2 aliphatic heterocycles. The van der Waals surface area contributed by atoms with Crippen LogP contribution in [-0.2, 0) is 19.9 Å². The predicted octanol–water partition coefficient (Wildman–Crippen LogP) is 1.62. The lowest BCUT2D eigenvalue weighted by Gasteiger charge is -2.39. The summed E-state index contributed by atoms with van der Waals surface area (Å²) in [5.41, 5.74) is -1.19. The van der Waals surface area contributed by atoms with Gasteiger partial charge in [-0.25, -0.2) is 0 Å². The highest BCUT2D eigenvalue weighted by atomic mass is 16.5. The van der Waals surface area contributed by atoms with E-state index in [1.54, 1.807) is 18.2 Å². The minimum Gasteiger partial charge on any atom is -0.375 e. The Hall–Kier alpha value is -1.72. The first-order chi connectivity index (χ1) is 10.3. The minimum absolute atomic E-state index is 0.0555. The third kappa shape index (κ3) is 2.00. The summed E-state index contributed by atoms with van der Waals surface area (Å²) in [5, 5.41) is 11.2. The molecule has 0 aromatic heterocycles. The topological polar surface area (TPSA) is 66.8 Å². The van der Waals surface area contributed by atoms with Crippen LogP contribution in [-0.4, -0.2) is 35.5 Å². The molecule has 1 N–H and O–H groups in total. The maximum absolute atomic E-state index is 12.8. The third-order valence-electron chi connectivity index (χ3n) is 4.63. The summed E-state index contributed by atoms with van der Waals surface area (Å²) in [6.45, 7) is 6.04. The number of benzene rings is 1. The van der Waals surface area contributed by atoms with E-state index in [0.29, 0.717) is 17.8 Å². The molecule has 0 aliphatic carbocycles. The van der Waals surface area contributed by atoms with Gasteiger partial charge in [-0.3, -0.25) is 9.59 Å². The van der Waals surface area contributed by atoms with Gasteiger partial charge < -0.3 is 14.7 Å². The van der Waals surface area contributed by atoms with Gasteiger partial charge in [0.2, 0.25) is 0 Å². The van der Waals surface area contributed by atoms with Crippen LogP contribution in [0.15, 0.2) is 24.3 Å². The molecule has 1 aromatic rings. The molecule has 2 heterocycles. The molecule has 0 radical (unpaired) electrons. The predicted molar refractivity (Wildman–Crippen MR) is 81.5 cm³/mol. The van der Waals surface area contributed by atoms with Crippen molar-refractivity contribution in [1.82, 2.24) is 0 Å². The highest BCUT2D eigenvalue weighted by molar-refractivity contribution is 6.09. The molecule has 0 unspecified atom stereocenters. The molecule has 3 rings (SSSR count). The fraction of sp³-hybridized carbons (Fsp3) is 0.529. The number of aliphatic hydroxyl groups is 1. The molecule has 1 aromatic carbocycles. The molecule has 5 heteroatoms. The van der Waals surface area contributed by atoms with Crippen LogP contribution >= 0.6 is 0 Å². The molecule has 1 saturated heterocycles. The minimum atomic E-state index is -1.82. The van der Waals surface area contributed by atoms with Crippen molar-refractivity contribution in [1.29, 1.82) is 0 Å². The van der Waals surface area contributed by atoms with E-state index in [-0.39, 0.29) is 18.8 Å². The number of nitrogens with zero attached hydrogens (tertiary/aromatic N) is 1. The summed E-state index contributed by atoms with van der Waals surface area (Å²) in [6.07, 6.45) is 0.196. The molecular formula is C17H21NO4. The van der Waals surface area contributed by atoms with Crippen molar-refractivity contribution in [2.45, 2.75) is 38.4 Å². The summed E-state index contributed by atoms with van der Waals surface area (Å²) >= 11 is 0. The van der Waals surface area contributed by atoms with E-state index < -0.39 is 23.0 Å². The van der Waals surface area contributed by atoms with Crippen LogP contribution < -0.4 is 4.90 Å². The lowest BCUT2D eigenvalue weighted by Crippen LogP contribution is -2.54. The number of hydrogen-bond acceptors (Lipinski definition) is 4. The Morgan fingerprint density at radius 1 is 1.32 bits per heavy atom. The number of rotatable bonds is 2. The number of carbonyl (C=O) groups is 2. The van der Waals surface area contributed by atoms with E-state index in [4.69, 9.17) is 4.74 Å². The number of para-hydroxylation sites is 1. The lowest BCUT2D eigenvalue weighted by atomic mass is 9.76. The summed E-state index contributed by atoms with van der Waals surface area (Å²) < 4.78 is 5.71. The highest BCUT2D eigenvalue weighted by Crippen LogP contribution is 2.46. The van der Waals surface area contributed by atoms with Crippen LogP contribution in [0.2, 0.25) is 0 Å². The number of ketones is 1. The average molecular weight is 303 g/mol. The van der Waals surface area contributed by atoms with Gasteiger partial charge in [-0.15, -0.1) is 0 Å². The quantitative estimate of drug-likeness (QED) is 0.901. The van der Waals surface area contributed by atoms with Crippen molar-refractivity contribution in [3.63, 3.8) is 0 Å². The Bertz CT molecular complexity index is 639. The lowest BCUT2D eigenvalue weighted by molar-refractivity contribution is -0.172. The van der Waals surface area contributed by atoms with E-state index in [9.17, 15) is 14.7 Å². The van der Waals surface area contributed by atoms with Crippen LogP contribution in [0, 0.1) is 5.92 Å². The van der Waals surface area contributed by atoms with Crippen LogP contribution in [0.5, 0.6) is 0 Å². The monoisotopic (exact) mass is 303 g/mol. The van der Waals surface area contributed by atoms with Gasteiger partial charge in [-0.05, 0) is 26.8 Å². The second-order valence-electron chi connectivity index (χ2n) is 6.60. The smallest absolute Gasteiger partial charge is 0.264 e. The molecule has 2 atom stereocenters. The Kier molecular flexibility index (Phi) is 3.38. The van der Waals surface area contributed by atoms with E-state index in [0.717, 1.165) is 0 Å². The van der Waals surface area contributed by atoms with Crippen molar-refractivity contribution in [2.24, 2.45) is 5.92 Å². The van der Waals surface area contributed by atoms with Crippen molar-refractivity contribution < 1.29 is 19.4 Å². The van der Waals surface area contributed by atoms with Gasteiger partial charge in [0.1, 0.15) is 5.78 Å². The maximum Gasteiger partial charge on any atom is 0.264 e. The standard InChI is InChI=1S/C17H21NO4/c1-4-18-13-8-6-5-7-11(13)17(21,15(18)20)12-10-22-16(2,3)9-14(12)19/h5-8,12,21H,4,9-10H2,1-3H3/t12-,17-/m0/s1.